The van der Waals surface area contributed by atoms with Gasteiger partial charge in [-0.3, -0.25) is 9.59 Å². The van der Waals surface area contributed by atoms with E-state index in [-0.39, 0.29) is 24.3 Å². The number of benzene rings is 1. The van der Waals surface area contributed by atoms with Gasteiger partial charge in [-0.2, -0.15) is 0 Å². The van der Waals surface area contributed by atoms with Crippen LogP contribution in [0.2, 0.25) is 0 Å². The summed E-state index contributed by atoms with van der Waals surface area (Å²) in [4.78, 5) is 22.9. The van der Waals surface area contributed by atoms with E-state index in [9.17, 15) is 9.59 Å². The number of amides is 1. The van der Waals surface area contributed by atoms with E-state index in [0.29, 0.717) is 12.8 Å². The Morgan fingerprint density at radius 1 is 1.24 bits per heavy atom. The highest BCUT2D eigenvalue weighted by molar-refractivity contribution is 5.92. The lowest BCUT2D eigenvalue weighted by molar-refractivity contribution is -0.123. The molecule has 1 amide bonds. The molecule has 17 heavy (non-hydrogen) atoms. The summed E-state index contributed by atoms with van der Waals surface area (Å²) in [5.41, 5.74) is 2.08. The quantitative estimate of drug-likeness (QED) is 0.807. The molecule has 0 saturated carbocycles. The summed E-state index contributed by atoms with van der Waals surface area (Å²) in [5.74, 6) is -0.0111. The molecule has 1 fully saturated rings. The molecule has 90 valence electrons. The van der Waals surface area contributed by atoms with Crippen molar-refractivity contribution in [1.29, 1.82) is 0 Å². The summed E-state index contributed by atoms with van der Waals surface area (Å²) in [6.45, 7) is 2.17. The maximum atomic E-state index is 11.7. The fraction of sp³-hybridized carbons (Fsp3) is 0.385. The molecule has 2 N–H and O–H groups in total. The van der Waals surface area contributed by atoms with Crippen molar-refractivity contribution in [2.45, 2.75) is 25.8 Å². The molecule has 4 heteroatoms. The number of Topliss-reactive ketones (excluding diaryl/α,β-unsaturated/α-hetero) is 1. The van der Waals surface area contributed by atoms with Gasteiger partial charge in [0.05, 0.1) is 6.54 Å². The highest BCUT2D eigenvalue weighted by atomic mass is 16.2. The van der Waals surface area contributed by atoms with Crippen molar-refractivity contribution < 1.29 is 9.59 Å². The van der Waals surface area contributed by atoms with Crippen molar-refractivity contribution >= 4 is 17.4 Å². The standard InChI is InChI=1S/C13H16N2O2/c1-9-2-4-10(5-3-9)15-12-7-6-11(16)8-14-13(12)17/h2-5,12,15H,6-8H2,1H3,(H,14,17). The van der Waals surface area contributed by atoms with Crippen LogP contribution in [-0.4, -0.2) is 24.3 Å². The third kappa shape index (κ3) is 3.06. The van der Waals surface area contributed by atoms with Gasteiger partial charge in [0, 0.05) is 12.1 Å². The zero-order chi connectivity index (χ0) is 12.3. The maximum Gasteiger partial charge on any atom is 0.242 e. The average Bonchev–Trinajstić information content (AvgIpc) is 2.47. The Morgan fingerprint density at radius 2 is 1.94 bits per heavy atom. The molecule has 1 unspecified atom stereocenters. The fourth-order valence-corrected chi connectivity index (χ4v) is 1.82. The van der Waals surface area contributed by atoms with Crippen LogP contribution in [-0.2, 0) is 9.59 Å². The Morgan fingerprint density at radius 3 is 2.65 bits per heavy atom. The van der Waals surface area contributed by atoms with Crippen LogP contribution in [0.5, 0.6) is 0 Å². The molecule has 2 rings (SSSR count). The first kappa shape index (κ1) is 11.6. The molecule has 1 aromatic carbocycles. The molecule has 1 aliphatic heterocycles. The number of nitrogens with one attached hydrogen (secondary N) is 2. The first-order chi connectivity index (χ1) is 8.15. The normalized spacial score (nSPS) is 20.6. The van der Waals surface area contributed by atoms with Crippen molar-refractivity contribution in [3.8, 4) is 0 Å². The van der Waals surface area contributed by atoms with Gasteiger partial charge in [-0.25, -0.2) is 0 Å². The molecular formula is C13H16N2O2. The second kappa shape index (κ2) is 4.99. The Labute approximate surface area is 100 Å². The number of rotatable bonds is 2. The number of carbonyl (C=O) groups excluding carboxylic acids is 2. The Balaban J connectivity index is 2.04. The molecule has 0 aromatic heterocycles. The van der Waals surface area contributed by atoms with E-state index >= 15 is 0 Å². The number of carbonyl (C=O) groups is 2. The fourth-order valence-electron chi connectivity index (χ4n) is 1.82. The Bertz CT molecular complexity index is 426. The van der Waals surface area contributed by atoms with Crippen LogP contribution in [0.15, 0.2) is 24.3 Å². The van der Waals surface area contributed by atoms with E-state index < -0.39 is 0 Å². The summed E-state index contributed by atoms with van der Waals surface area (Å²) in [6.07, 6.45) is 1.00. The van der Waals surface area contributed by atoms with Crippen LogP contribution in [0, 0.1) is 6.92 Å². The van der Waals surface area contributed by atoms with E-state index in [4.69, 9.17) is 0 Å². The molecule has 4 nitrogen and oxygen atoms in total. The van der Waals surface area contributed by atoms with Crippen LogP contribution in [0.1, 0.15) is 18.4 Å². The molecule has 1 heterocycles. The predicted octanol–water partition coefficient (Wildman–Crippen LogP) is 1.25. The Hall–Kier alpha value is -1.84. The second-order valence-electron chi connectivity index (χ2n) is 4.36. The number of hydrogen-bond donors (Lipinski definition) is 2. The van der Waals surface area contributed by atoms with E-state index in [0.717, 1.165) is 5.69 Å². The highest BCUT2D eigenvalue weighted by Gasteiger charge is 2.23. The number of hydrogen-bond acceptors (Lipinski definition) is 3. The van der Waals surface area contributed by atoms with E-state index in [1.807, 2.05) is 31.2 Å². The van der Waals surface area contributed by atoms with E-state index in [2.05, 4.69) is 10.6 Å². The van der Waals surface area contributed by atoms with Crippen LogP contribution in [0.25, 0.3) is 0 Å². The lowest BCUT2D eigenvalue weighted by Crippen LogP contribution is -2.38. The zero-order valence-corrected chi connectivity index (χ0v) is 9.82. The topological polar surface area (TPSA) is 58.2 Å². The monoisotopic (exact) mass is 232 g/mol. The largest absolute Gasteiger partial charge is 0.374 e. The van der Waals surface area contributed by atoms with Gasteiger partial charge in [0.1, 0.15) is 6.04 Å². The van der Waals surface area contributed by atoms with Crippen LogP contribution < -0.4 is 10.6 Å². The minimum atomic E-state index is -0.316. The molecule has 1 aromatic rings. The van der Waals surface area contributed by atoms with Gasteiger partial charge >= 0.3 is 0 Å². The van der Waals surface area contributed by atoms with Crippen molar-refractivity contribution in [3.63, 3.8) is 0 Å². The van der Waals surface area contributed by atoms with Gasteiger partial charge in [0.25, 0.3) is 0 Å². The van der Waals surface area contributed by atoms with Crippen molar-refractivity contribution in [2.24, 2.45) is 0 Å². The summed E-state index contributed by atoms with van der Waals surface area (Å²) in [7, 11) is 0. The molecule has 1 saturated heterocycles. The second-order valence-corrected chi connectivity index (χ2v) is 4.36. The van der Waals surface area contributed by atoms with Crippen molar-refractivity contribution in [1.82, 2.24) is 5.32 Å². The van der Waals surface area contributed by atoms with E-state index in [1.54, 1.807) is 0 Å². The van der Waals surface area contributed by atoms with Gasteiger partial charge in [0.15, 0.2) is 5.78 Å². The highest BCUT2D eigenvalue weighted by Crippen LogP contribution is 2.13. The van der Waals surface area contributed by atoms with Crippen LogP contribution >= 0.6 is 0 Å². The van der Waals surface area contributed by atoms with Gasteiger partial charge in [-0.05, 0) is 25.5 Å². The molecule has 1 aliphatic rings. The van der Waals surface area contributed by atoms with Crippen LogP contribution in [0.4, 0.5) is 5.69 Å². The minimum Gasteiger partial charge on any atom is -0.374 e. The SMILES string of the molecule is Cc1ccc(NC2CCC(=O)CNC2=O)cc1. The summed E-state index contributed by atoms with van der Waals surface area (Å²) < 4.78 is 0. The first-order valence-corrected chi connectivity index (χ1v) is 5.78. The minimum absolute atomic E-state index is 0.0894. The van der Waals surface area contributed by atoms with Crippen LogP contribution in [0.3, 0.4) is 0 Å². The van der Waals surface area contributed by atoms with Crippen molar-refractivity contribution in [3.05, 3.63) is 29.8 Å². The molecule has 0 bridgehead atoms. The third-order valence-electron chi connectivity index (χ3n) is 2.88. The number of aryl methyl sites for hydroxylation is 1. The summed E-state index contributed by atoms with van der Waals surface area (Å²) in [5, 5.41) is 5.78. The molecule has 0 radical (unpaired) electrons. The van der Waals surface area contributed by atoms with Gasteiger partial charge in [-0.15, -0.1) is 0 Å². The van der Waals surface area contributed by atoms with E-state index in [1.165, 1.54) is 5.56 Å². The lowest BCUT2D eigenvalue weighted by atomic mass is 10.1. The third-order valence-corrected chi connectivity index (χ3v) is 2.88. The zero-order valence-electron chi connectivity index (χ0n) is 9.82. The molecular weight excluding hydrogens is 216 g/mol. The average molecular weight is 232 g/mol. The summed E-state index contributed by atoms with van der Waals surface area (Å²) in [6, 6.07) is 7.54. The predicted molar refractivity (Wildman–Crippen MR) is 65.8 cm³/mol. The number of anilines is 1. The van der Waals surface area contributed by atoms with Gasteiger partial charge < -0.3 is 10.6 Å². The number of ketones is 1. The van der Waals surface area contributed by atoms with Crippen molar-refractivity contribution in [2.75, 3.05) is 11.9 Å². The first-order valence-electron chi connectivity index (χ1n) is 5.78. The molecule has 0 spiro atoms. The smallest absolute Gasteiger partial charge is 0.242 e. The summed E-state index contributed by atoms with van der Waals surface area (Å²) >= 11 is 0. The molecule has 1 atom stereocenters. The van der Waals surface area contributed by atoms with Gasteiger partial charge in [-0.1, -0.05) is 17.7 Å². The maximum absolute atomic E-state index is 11.7. The van der Waals surface area contributed by atoms with Gasteiger partial charge in [0.2, 0.25) is 5.91 Å². The lowest BCUT2D eigenvalue weighted by Gasteiger charge is -2.16. The Kier molecular flexibility index (Phi) is 3.42. The molecule has 0 aliphatic carbocycles.